The van der Waals surface area contributed by atoms with E-state index in [4.69, 9.17) is 0 Å². The van der Waals surface area contributed by atoms with Gasteiger partial charge in [0.15, 0.2) is 0 Å². The topological polar surface area (TPSA) is 23.6 Å². The highest BCUT2D eigenvalue weighted by Crippen LogP contribution is 2.31. The molecule has 1 saturated heterocycles. The van der Waals surface area contributed by atoms with Crippen molar-refractivity contribution in [2.45, 2.75) is 44.6 Å². The lowest BCUT2D eigenvalue weighted by molar-refractivity contribution is -0.133. The number of amides is 1. The Morgan fingerprint density at radius 3 is 1.83 bits per heavy atom. The average molecular weight is 413 g/mol. The maximum absolute atomic E-state index is 13.5. The van der Waals surface area contributed by atoms with Crippen molar-refractivity contribution in [3.63, 3.8) is 0 Å². The van der Waals surface area contributed by atoms with Gasteiger partial charge in [-0.05, 0) is 47.7 Å². The van der Waals surface area contributed by atoms with E-state index in [0.29, 0.717) is 19.5 Å². The molecule has 4 rings (SSSR count). The van der Waals surface area contributed by atoms with Crippen LogP contribution in [0.2, 0.25) is 0 Å². The molecule has 0 atom stereocenters. The zero-order valence-electron chi connectivity index (χ0n) is 17.4. The predicted molar refractivity (Wildman–Crippen MR) is 114 cm³/mol. The van der Waals surface area contributed by atoms with Crippen molar-refractivity contribution in [2.24, 2.45) is 5.92 Å². The van der Waals surface area contributed by atoms with Crippen molar-refractivity contribution in [3.05, 3.63) is 71.3 Å². The van der Waals surface area contributed by atoms with E-state index in [1.54, 1.807) is 24.3 Å². The Morgan fingerprint density at radius 2 is 1.33 bits per heavy atom. The average Bonchev–Trinajstić information content (AvgIpc) is 3.29. The van der Waals surface area contributed by atoms with Crippen LogP contribution >= 0.6 is 0 Å². The Kier molecular flexibility index (Phi) is 6.78. The minimum absolute atomic E-state index is 0.0815. The molecule has 2 aromatic rings. The number of hydrogen-bond acceptors (Lipinski definition) is 2. The van der Waals surface area contributed by atoms with Crippen LogP contribution in [0.5, 0.6) is 0 Å². The third kappa shape index (κ3) is 5.07. The normalized spacial score (nSPS) is 18.3. The van der Waals surface area contributed by atoms with E-state index in [-0.39, 0.29) is 23.6 Å². The quantitative estimate of drug-likeness (QED) is 0.654. The zero-order chi connectivity index (χ0) is 20.9. The van der Waals surface area contributed by atoms with E-state index in [1.165, 1.54) is 49.9 Å². The molecule has 0 N–H and O–H groups in total. The fraction of sp³-hybridized carbons (Fsp3) is 0.480. The van der Waals surface area contributed by atoms with Gasteiger partial charge in [0.1, 0.15) is 11.6 Å². The predicted octanol–water partition coefficient (Wildman–Crippen LogP) is 5.17. The summed E-state index contributed by atoms with van der Waals surface area (Å²) < 4.78 is 26.9. The van der Waals surface area contributed by atoms with Crippen molar-refractivity contribution in [1.29, 1.82) is 0 Å². The molecule has 3 nitrogen and oxygen atoms in total. The van der Waals surface area contributed by atoms with Crippen molar-refractivity contribution < 1.29 is 13.6 Å². The van der Waals surface area contributed by atoms with Gasteiger partial charge in [-0.2, -0.15) is 0 Å². The zero-order valence-corrected chi connectivity index (χ0v) is 17.4. The summed E-state index contributed by atoms with van der Waals surface area (Å²) in [5, 5.41) is 0. The summed E-state index contributed by atoms with van der Waals surface area (Å²) in [6, 6.07) is 13.0. The molecule has 2 fully saturated rings. The van der Waals surface area contributed by atoms with Crippen molar-refractivity contribution in [3.8, 4) is 0 Å². The van der Waals surface area contributed by atoms with Gasteiger partial charge >= 0.3 is 0 Å². The number of piperazine rings is 1. The second-order valence-electron chi connectivity index (χ2n) is 8.61. The lowest BCUT2D eigenvalue weighted by Gasteiger charge is -2.40. The Bertz CT molecular complexity index is 778. The van der Waals surface area contributed by atoms with Gasteiger partial charge in [0.25, 0.3) is 0 Å². The molecule has 0 spiro atoms. The molecular formula is C25H30F2N2O. The highest BCUT2D eigenvalue weighted by Gasteiger charge is 2.28. The third-order valence-electron chi connectivity index (χ3n) is 6.64. The molecule has 1 aliphatic carbocycles. The fourth-order valence-corrected chi connectivity index (χ4v) is 4.92. The van der Waals surface area contributed by atoms with E-state index in [9.17, 15) is 13.6 Å². The molecule has 2 aromatic carbocycles. The lowest BCUT2D eigenvalue weighted by atomic mass is 9.96. The van der Waals surface area contributed by atoms with Gasteiger partial charge in [-0.1, -0.05) is 49.9 Å². The van der Waals surface area contributed by atoms with Crippen LogP contribution in [0.3, 0.4) is 0 Å². The molecule has 30 heavy (non-hydrogen) atoms. The van der Waals surface area contributed by atoms with Crippen LogP contribution < -0.4 is 0 Å². The van der Waals surface area contributed by atoms with Crippen molar-refractivity contribution in [1.82, 2.24) is 9.80 Å². The molecule has 2 aliphatic rings. The summed E-state index contributed by atoms with van der Waals surface area (Å²) in [6.45, 7) is 2.88. The molecule has 0 unspecified atom stereocenters. The highest BCUT2D eigenvalue weighted by atomic mass is 19.1. The van der Waals surface area contributed by atoms with Gasteiger partial charge in [-0.3, -0.25) is 9.69 Å². The van der Waals surface area contributed by atoms with E-state index in [2.05, 4.69) is 4.90 Å². The number of halogens is 2. The second-order valence-corrected chi connectivity index (χ2v) is 8.61. The van der Waals surface area contributed by atoms with Crippen LogP contribution in [-0.2, 0) is 4.79 Å². The van der Waals surface area contributed by atoms with Gasteiger partial charge in [0.05, 0.1) is 6.04 Å². The van der Waals surface area contributed by atoms with Crippen LogP contribution in [0.15, 0.2) is 48.5 Å². The summed E-state index contributed by atoms with van der Waals surface area (Å²) >= 11 is 0. The first-order chi connectivity index (χ1) is 14.6. The van der Waals surface area contributed by atoms with Crippen LogP contribution in [0.1, 0.15) is 55.7 Å². The van der Waals surface area contributed by atoms with Gasteiger partial charge in [-0.15, -0.1) is 0 Å². The molecule has 0 aromatic heterocycles. The molecule has 0 bridgehead atoms. The molecule has 1 amide bonds. The van der Waals surface area contributed by atoms with Crippen LogP contribution in [0, 0.1) is 17.6 Å². The number of carbonyl (C=O) groups excluding carboxylic acids is 1. The summed E-state index contributed by atoms with van der Waals surface area (Å²) in [6.07, 6.45) is 6.85. The third-order valence-corrected chi connectivity index (χ3v) is 6.64. The standard InChI is InChI=1S/C25H30F2N2O/c26-22-10-6-20(7-11-22)25(21-8-12-23(27)13-9-21)29-17-15-28(16-18-29)24(30)14-5-19-3-1-2-4-19/h6-13,19,25H,1-5,14-18H2. The van der Waals surface area contributed by atoms with E-state index >= 15 is 0 Å². The number of nitrogens with zero attached hydrogens (tertiary/aromatic N) is 2. The number of hydrogen-bond donors (Lipinski definition) is 0. The maximum atomic E-state index is 13.5. The first kappa shape index (κ1) is 21.0. The summed E-state index contributed by atoms with van der Waals surface area (Å²) in [5.74, 6) is 0.460. The lowest BCUT2D eigenvalue weighted by Crippen LogP contribution is -2.49. The van der Waals surface area contributed by atoms with Crippen molar-refractivity contribution >= 4 is 5.91 Å². The van der Waals surface area contributed by atoms with Gasteiger partial charge < -0.3 is 4.90 Å². The summed E-state index contributed by atoms with van der Waals surface area (Å²) in [7, 11) is 0. The summed E-state index contributed by atoms with van der Waals surface area (Å²) in [4.78, 5) is 17.0. The Hall–Kier alpha value is -2.27. The molecule has 160 valence electrons. The number of carbonyl (C=O) groups is 1. The molecule has 0 radical (unpaired) electrons. The molecule has 1 heterocycles. The van der Waals surface area contributed by atoms with Gasteiger partial charge in [-0.25, -0.2) is 8.78 Å². The van der Waals surface area contributed by atoms with Gasteiger partial charge in [0, 0.05) is 32.6 Å². The summed E-state index contributed by atoms with van der Waals surface area (Å²) in [5.41, 5.74) is 1.95. The Morgan fingerprint density at radius 1 is 0.833 bits per heavy atom. The molecular weight excluding hydrogens is 382 g/mol. The Labute approximate surface area is 177 Å². The molecule has 5 heteroatoms. The van der Waals surface area contributed by atoms with Gasteiger partial charge in [0.2, 0.25) is 5.91 Å². The van der Waals surface area contributed by atoms with Crippen molar-refractivity contribution in [2.75, 3.05) is 26.2 Å². The van der Waals surface area contributed by atoms with Crippen LogP contribution in [0.4, 0.5) is 8.78 Å². The van der Waals surface area contributed by atoms with E-state index in [1.807, 2.05) is 4.90 Å². The van der Waals surface area contributed by atoms with Crippen LogP contribution in [-0.4, -0.2) is 41.9 Å². The minimum Gasteiger partial charge on any atom is -0.340 e. The molecule has 1 saturated carbocycles. The number of rotatable bonds is 6. The molecule has 1 aliphatic heterocycles. The largest absolute Gasteiger partial charge is 0.340 e. The van der Waals surface area contributed by atoms with E-state index < -0.39 is 0 Å². The Balaban J connectivity index is 1.41. The SMILES string of the molecule is O=C(CCC1CCCC1)N1CCN(C(c2ccc(F)cc2)c2ccc(F)cc2)CC1. The second kappa shape index (κ2) is 9.69. The van der Waals surface area contributed by atoms with E-state index in [0.717, 1.165) is 36.6 Å². The minimum atomic E-state index is -0.269. The number of benzene rings is 2. The monoisotopic (exact) mass is 412 g/mol. The first-order valence-electron chi connectivity index (χ1n) is 11.1. The maximum Gasteiger partial charge on any atom is 0.222 e. The van der Waals surface area contributed by atoms with Crippen LogP contribution in [0.25, 0.3) is 0 Å². The first-order valence-corrected chi connectivity index (χ1v) is 11.1. The fourth-order valence-electron chi connectivity index (χ4n) is 4.92. The highest BCUT2D eigenvalue weighted by molar-refractivity contribution is 5.76. The smallest absolute Gasteiger partial charge is 0.222 e.